The first-order valence-corrected chi connectivity index (χ1v) is 11.4. The number of fused-ring (bicyclic) bond motifs is 1. The van der Waals surface area contributed by atoms with E-state index in [9.17, 15) is 9.18 Å². The number of hydrogen-bond donors (Lipinski definition) is 0. The van der Waals surface area contributed by atoms with Gasteiger partial charge < -0.3 is 4.74 Å². The van der Waals surface area contributed by atoms with Crippen LogP contribution in [0.2, 0.25) is 5.15 Å². The SMILES string of the molecule is COC(=O)C(C)(C)c1c(Cl)nc(-c2nn(Cc3ccccc3F)c3ncccc23)nc1C1CC1. The van der Waals surface area contributed by atoms with E-state index in [1.54, 1.807) is 49.0 Å². The molecule has 34 heavy (non-hydrogen) atoms. The fraction of sp³-hybridized carbons (Fsp3) is 0.320. The zero-order chi connectivity index (χ0) is 24.0. The van der Waals surface area contributed by atoms with Gasteiger partial charge in [-0.1, -0.05) is 29.8 Å². The van der Waals surface area contributed by atoms with Gasteiger partial charge in [-0.05, 0) is 44.9 Å². The number of benzene rings is 1. The molecule has 0 aliphatic heterocycles. The minimum atomic E-state index is -1.00. The topological polar surface area (TPSA) is 82.8 Å². The lowest BCUT2D eigenvalue weighted by atomic mass is 9.83. The van der Waals surface area contributed by atoms with E-state index in [4.69, 9.17) is 26.4 Å². The number of aromatic nitrogens is 5. The van der Waals surface area contributed by atoms with Crippen LogP contribution in [0.25, 0.3) is 22.6 Å². The number of pyridine rings is 1. The summed E-state index contributed by atoms with van der Waals surface area (Å²) in [5.74, 6) is -0.172. The molecule has 0 amide bonds. The number of nitrogens with zero attached hydrogens (tertiary/aromatic N) is 5. The number of ether oxygens (including phenoxy) is 1. The maximum atomic E-state index is 14.3. The van der Waals surface area contributed by atoms with Crippen LogP contribution in [0.15, 0.2) is 42.6 Å². The molecule has 1 saturated carbocycles. The molecule has 0 atom stereocenters. The van der Waals surface area contributed by atoms with Crippen LogP contribution in [-0.2, 0) is 21.5 Å². The first kappa shape index (κ1) is 22.4. The summed E-state index contributed by atoms with van der Waals surface area (Å²) in [5, 5.41) is 5.64. The van der Waals surface area contributed by atoms with Gasteiger partial charge in [-0.15, -0.1) is 0 Å². The van der Waals surface area contributed by atoms with Crippen molar-refractivity contribution in [1.82, 2.24) is 24.7 Å². The Bertz CT molecular complexity index is 1410. The van der Waals surface area contributed by atoms with Crippen molar-refractivity contribution < 1.29 is 13.9 Å². The molecule has 3 heterocycles. The molecular formula is C25H23ClFN5O2. The van der Waals surface area contributed by atoms with E-state index in [1.165, 1.54) is 13.2 Å². The molecule has 0 spiro atoms. The van der Waals surface area contributed by atoms with Gasteiger partial charge in [0.1, 0.15) is 16.7 Å². The van der Waals surface area contributed by atoms with Crippen molar-refractivity contribution in [3.05, 3.63) is 70.4 Å². The Morgan fingerprint density at radius 2 is 1.97 bits per heavy atom. The largest absolute Gasteiger partial charge is 0.468 e. The molecule has 4 aromatic rings. The average molecular weight is 480 g/mol. The van der Waals surface area contributed by atoms with E-state index >= 15 is 0 Å². The van der Waals surface area contributed by atoms with Gasteiger partial charge >= 0.3 is 5.97 Å². The van der Waals surface area contributed by atoms with E-state index in [0.717, 1.165) is 23.9 Å². The number of esters is 1. The van der Waals surface area contributed by atoms with Gasteiger partial charge in [-0.25, -0.2) is 24.0 Å². The number of rotatable bonds is 6. The summed E-state index contributed by atoms with van der Waals surface area (Å²) < 4.78 is 21.0. The molecule has 3 aromatic heterocycles. The van der Waals surface area contributed by atoms with Crippen LogP contribution < -0.4 is 0 Å². The molecule has 9 heteroatoms. The second kappa shape index (κ2) is 8.43. The Morgan fingerprint density at radius 1 is 1.21 bits per heavy atom. The lowest BCUT2D eigenvalue weighted by Gasteiger charge is -2.25. The van der Waals surface area contributed by atoms with Crippen LogP contribution in [0.5, 0.6) is 0 Å². The maximum absolute atomic E-state index is 14.3. The lowest BCUT2D eigenvalue weighted by Crippen LogP contribution is -2.32. The van der Waals surface area contributed by atoms with Gasteiger partial charge in [0.2, 0.25) is 0 Å². The molecule has 1 aliphatic rings. The average Bonchev–Trinajstić information content (AvgIpc) is 3.61. The highest BCUT2D eigenvalue weighted by molar-refractivity contribution is 6.30. The molecular weight excluding hydrogens is 457 g/mol. The number of carbonyl (C=O) groups is 1. The Balaban J connectivity index is 1.66. The molecule has 1 aliphatic carbocycles. The van der Waals surface area contributed by atoms with Crippen LogP contribution in [0.3, 0.4) is 0 Å². The molecule has 1 aromatic carbocycles. The predicted molar refractivity (Wildman–Crippen MR) is 126 cm³/mol. The zero-order valence-corrected chi connectivity index (χ0v) is 19.8. The van der Waals surface area contributed by atoms with Crippen LogP contribution >= 0.6 is 11.6 Å². The van der Waals surface area contributed by atoms with Crippen molar-refractivity contribution in [2.75, 3.05) is 7.11 Å². The minimum absolute atomic E-state index is 0.197. The van der Waals surface area contributed by atoms with Crippen molar-refractivity contribution >= 4 is 28.6 Å². The Labute approximate surface area is 201 Å². The summed E-state index contributed by atoms with van der Waals surface area (Å²) in [6.07, 6.45) is 3.58. The van der Waals surface area contributed by atoms with Gasteiger partial charge in [0.25, 0.3) is 0 Å². The van der Waals surface area contributed by atoms with Gasteiger partial charge in [0.15, 0.2) is 11.5 Å². The van der Waals surface area contributed by atoms with E-state index in [0.29, 0.717) is 28.3 Å². The normalized spacial score (nSPS) is 13.9. The molecule has 0 N–H and O–H groups in total. The number of methoxy groups -OCH3 is 1. The molecule has 0 saturated heterocycles. The highest BCUT2D eigenvalue weighted by atomic mass is 35.5. The van der Waals surface area contributed by atoms with Crippen molar-refractivity contribution in [3.8, 4) is 11.5 Å². The summed E-state index contributed by atoms with van der Waals surface area (Å²) in [5.41, 5.74) is 1.91. The van der Waals surface area contributed by atoms with Crippen molar-refractivity contribution in [2.24, 2.45) is 0 Å². The van der Waals surface area contributed by atoms with Gasteiger partial charge in [0.05, 0.1) is 30.1 Å². The molecule has 174 valence electrons. The zero-order valence-electron chi connectivity index (χ0n) is 19.0. The summed E-state index contributed by atoms with van der Waals surface area (Å²) in [7, 11) is 1.35. The van der Waals surface area contributed by atoms with E-state index < -0.39 is 11.4 Å². The standard InChI is InChI=1S/C25H23ClFN5O2/c1-25(2,24(33)34-3)18-19(14-10-11-14)29-22(30-21(18)26)20-16-8-6-12-28-23(16)32(31-20)13-15-7-4-5-9-17(15)27/h4-9,12,14H,10-11,13H2,1-3H3. The minimum Gasteiger partial charge on any atom is -0.468 e. The summed E-state index contributed by atoms with van der Waals surface area (Å²) in [4.78, 5) is 26.4. The second-order valence-electron chi connectivity index (χ2n) is 8.96. The number of halogens is 2. The van der Waals surface area contributed by atoms with Crippen molar-refractivity contribution in [1.29, 1.82) is 0 Å². The van der Waals surface area contributed by atoms with Gasteiger partial charge in [-0.2, -0.15) is 5.10 Å². The fourth-order valence-electron chi connectivity index (χ4n) is 4.22. The monoisotopic (exact) mass is 479 g/mol. The third-order valence-electron chi connectivity index (χ3n) is 6.17. The van der Waals surface area contributed by atoms with Crippen LogP contribution in [0.1, 0.15) is 49.4 Å². The molecule has 7 nitrogen and oxygen atoms in total. The first-order chi connectivity index (χ1) is 16.3. The smallest absolute Gasteiger partial charge is 0.315 e. The Morgan fingerprint density at radius 3 is 2.68 bits per heavy atom. The second-order valence-corrected chi connectivity index (χ2v) is 9.32. The molecule has 5 rings (SSSR count). The van der Waals surface area contributed by atoms with Crippen LogP contribution in [0, 0.1) is 5.82 Å². The summed E-state index contributed by atoms with van der Waals surface area (Å²) in [6, 6.07) is 10.2. The summed E-state index contributed by atoms with van der Waals surface area (Å²) >= 11 is 6.69. The van der Waals surface area contributed by atoms with Gasteiger partial charge in [-0.3, -0.25) is 4.79 Å². The van der Waals surface area contributed by atoms with Crippen LogP contribution in [-0.4, -0.2) is 37.8 Å². The third kappa shape index (κ3) is 3.81. The predicted octanol–water partition coefficient (Wildman–Crippen LogP) is 5.06. The Kier molecular flexibility index (Phi) is 5.56. The van der Waals surface area contributed by atoms with Crippen molar-refractivity contribution in [2.45, 2.75) is 44.6 Å². The highest BCUT2D eigenvalue weighted by Crippen LogP contribution is 2.46. The molecule has 0 unspecified atom stereocenters. The third-order valence-corrected chi connectivity index (χ3v) is 6.45. The fourth-order valence-corrected chi connectivity index (χ4v) is 4.63. The molecule has 0 bridgehead atoms. The highest BCUT2D eigenvalue weighted by Gasteiger charge is 2.41. The van der Waals surface area contributed by atoms with E-state index in [1.807, 2.05) is 6.07 Å². The lowest BCUT2D eigenvalue weighted by molar-refractivity contribution is -0.146. The van der Waals surface area contributed by atoms with Crippen molar-refractivity contribution in [3.63, 3.8) is 0 Å². The van der Waals surface area contributed by atoms with Crippen LogP contribution in [0.4, 0.5) is 4.39 Å². The maximum Gasteiger partial charge on any atom is 0.315 e. The number of hydrogen-bond acceptors (Lipinski definition) is 6. The quantitative estimate of drug-likeness (QED) is 0.284. The van der Waals surface area contributed by atoms with E-state index in [-0.39, 0.29) is 23.4 Å². The summed E-state index contributed by atoms with van der Waals surface area (Å²) in [6.45, 7) is 3.73. The Hall–Kier alpha value is -3.39. The van der Waals surface area contributed by atoms with Gasteiger partial charge in [0, 0.05) is 23.2 Å². The first-order valence-electron chi connectivity index (χ1n) is 11.0. The number of carbonyl (C=O) groups excluding carboxylic acids is 1. The molecule has 0 radical (unpaired) electrons. The molecule has 1 fully saturated rings. The van der Waals surface area contributed by atoms with E-state index in [2.05, 4.69) is 9.97 Å².